The van der Waals surface area contributed by atoms with Crippen LogP contribution in [-0.2, 0) is 4.79 Å². The number of fused-ring (bicyclic) bond motifs is 5. The molecular weight excluding hydrogens is 372 g/mol. The van der Waals surface area contributed by atoms with Gasteiger partial charge >= 0.3 is 0 Å². The lowest BCUT2D eigenvalue weighted by Gasteiger charge is -2.58. The molecule has 0 aromatic carbocycles. The molecular formula is C27H44O3. The highest BCUT2D eigenvalue weighted by molar-refractivity contribution is 5.78. The van der Waals surface area contributed by atoms with Crippen molar-refractivity contribution in [3.8, 4) is 0 Å². The fraction of sp³-hybridized carbons (Fsp3) is 0.889. The van der Waals surface area contributed by atoms with E-state index in [-0.39, 0.29) is 11.3 Å². The van der Waals surface area contributed by atoms with Crippen molar-refractivity contribution in [3.63, 3.8) is 0 Å². The molecule has 0 aromatic heterocycles. The fourth-order valence-corrected chi connectivity index (χ4v) is 8.58. The summed E-state index contributed by atoms with van der Waals surface area (Å²) in [4.78, 5) is 12.5. The number of hydrogen-bond acceptors (Lipinski definition) is 3. The number of aliphatic hydroxyl groups is 2. The van der Waals surface area contributed by atoms with Gasteiger partial charge in [0.05, 0.1) is 12.2 Å². The first-order valence-electron chi connectivity index (χ1n) is 12.7. The van der Waals surface area contributed by atoms with Gasteiger partial charge in [-0.3, -0.25) is 4.79 Å². The fourth-order valence-electron chi connectivity index (χ4n) is 8.58. The van der Waals surface area contributed by atoms with Crippen molar-refractivity contribution in [2.24, 2.45) is 46.3 Å². The highest BCUT2D eigenvalue weighted by Crippen LogP contribution is 2.66. The molecule has 170 valence electrons. The first-order chi connectivity index (χ1) is 14.1. The summed E-state index contributed by atoms with van der Waals surface area (Å²) >= 11 is 0. The molecule has 0 saturated heterocycles. The van der Waals surface area contributed by atoms with Crippen LogP contribution in [0.15, 0.2) is 11.6 Å². The number of allylic oxidation sites excluding steroid dienone is 2. The standard InChI is InChI=1S/C27H44O3/c1-16(2)14-18(28)15-17(3)20-8-9-21-19-6-7-23-25(30)24(29)11-13-27(23,5)22(19)10-12-26(20,21)4/h6,16-17,20-25,29-30H,7-15H2,1-5H3/t17?,20-,21+,22+,23?,24+,25-,26-,27-/m1/s1. The summed E-state index contributed by atoms with van der Waals surface area (Å²) < 4.78 is 0. The average Bonchev–Trinajstić information content (AvgIpc) is 3.01. The second-order valence-electron chi connectivity index (χ2n) is 12.3. The Balaban J connectivity index is 1.53. The highest BCUT2D eigenvalue weighted by atomic mass is 16.3. The molecule has 3 nitrogen and oxygen atoms in total. The molecule has 0 heterocycles. The number of rotatable bonds is 5. The van der Waals surface area contributed by atoms with Crippen molar-refractivity contribution < 1.29 is 15.0 Å². The van der Waals surface area contributed by atoms with E-state index < -0.39 is 12.2 Å². The molecule has 9 atom stereocenters. The maximum atomic E-state index is 12.5. The van der Waals surface area contributed by atoms with Crippen LogP contribution in [0.4, 0.5) is 0 Å². The number of carbonyl (C=O) groups excluding carboxylic acids is 1. The predicted octanol–water partition coefficient (Wildman–Crippen LogP) is 5.54. The van der Waals surface area contributed by atoms with Gasteiger partial charge in [0.15, 0.2) is 0 Å². The molecule has 4 aliphatic rings. The molecule has 0 aliphatic heterocycles. The molecule has 0 aromatic rings. The van der Waals surface area contributed by atoms with Crippen LogP contribution in [0.2, 0.25) is 0 Å². The maximum Gasteiger partial charge on any atom is 0.133 e. The van der Waals surface area contributed by atoms with E-state index in [4.69, 9.17) is 0 Å². The quantitative estimate of drug-likeness (QED) is 0.579. The summed E-state index contributed by atoms with van der Waals surface area (Å²) in [5.74, 6) is 3.42. The summed E-state index contributed by atoms with van der Waals surface area (Å²) in [5.41, 5.74) is 2.12. The SMILES string of the molecule is CC(C)CC(=O)CC(C)[C@H]1CC[C@H]2C3=CCC4[C@@H](O)[C@@H](O)CC[C@]4(C)[C@H]3CC[C@]12C. The van der Waals surface area contributed by atoms with Gasteiger partial charge in [-0.25, -0.2) is 0 Å². The first kappa shape index (κ1) is 22.5. The molecule has 0 spiro atoms. The largest absolute Gasteiger partial charge is 0.390 e. The lowest BCUT2D eigenvalue weighted by molar-refractivity contribution is -0.125. The van der Waals surface area contributed by atoms with Crippen molar-refractivity contribution in [2.45, 2.75) is 105 Å². The molecule has 2 N–H and O–H groups in total. The molecule has 4 rings (SSSR count). The second kappa shape index (κ2) is 8.03. The molecule has 3 saturated carbocycles. The minimum absolute atomic E-state index is 0.126. The number of ketones is 1. The van der Waals surface area contributed by atoms with Crippen molar-refractivity contribution in [1.29, 1.82) is 0 Å². The molecule has 3 fully saturated rings. The van der Waals surface area contributed by atoms with E-state index >= 15 is 0 Å². The van der Waals surface area contributed by atoms with Gasteiger partial charge in [-0.1, -0.05) is 46.3 Å². The minimum Gasteiger partial charge on any atom is -0.390 e. The van der Waals surface area contributed by atoms with Crippen LogP contribution in [-0.4, -0.2) is 28.2 Å². The van der Waals surface area contributed by atoms with Gasteiger partial charge in [-0.05, 0) is 91.3 Å². The Kier molecular flexibility index (Phi) is 6.03. The lowest BCUT2D eigenvalue weighted by atomic mass is 9.47. The summed E-state index contributed by atoms with van der Waals surface area (Å²) in [5, 5.41) is 21.0. The Labute approximate surface area is 183 Å². The van der Waals surface area contributed by atoms with E-state index in [1.165, 1.54) is 25.7 Å². The molecule has 3 heteroatoms. The first-order valence-corrected chi connectivity index (χ1v) is 12.7. The van der Waals surface area contributed by atoms with Crippen LogP contribution < -0.4 is 0 Å². The smallest absolute Gasteiger partial charge is 0.133 e. The predicted molar refractivity (Wildman–Crippen MR) is 121 cm³/mol. The average molecular weight is 417 g/mol. The van der Waals surface area contributed by atoms with Gasteiger partial charge in [0.2, 0.25) is 0 Å². The Morgan fingerprint density at radius 1 is 1.00 bits per heavy atom. The molecule has 2 unspecified atom stereocenters. The van der Waals surface area contributed by atoms with Gasteiger partial charge < -0.3 is 10.2 Å². The topological polar surface area (TPSA) is 57.5 Å². The van der Waals surface area contributed by atoms with Crippen LogP contribution >= 0.6 is 0 Å². The summed E-state index contributed by atoms with van der Waals surface area (Å²) in [6.07, 6.45) is 10.5. The summed E-state index contributed by atoms with van der Waals surface area (Å²) in [6, 6.07) is 0. The zero-order chi connectivity index (χ0) is 21.8. The third-order valence-corrected chi connectivity index (χ3v) is 10.1. The van der Waals surface area contributed by atoms with Crippen molar-refractivity contribution in [2.75, 3.05) is 0 Å². The number of carbonyl (C=O) groups is 1. The van der Waals surface area contributed by atoms with Crippen LogP contribution in [0.3, 0.4) is 0 Å². The Morgan fingerprint density at radius 2 is 1.67 bits per heavy atom. The third-order valence-electron chi connectivity index (χ3n) is 10.1. The van der Waals surface area contributed by atoms with Crippen molar-refractivity contribution >= 4 is 5.78 Å². The maximum absolute atomic E-state index is 12.5. The normalized spacial score (nSPS) is 46.6. The van der Waals surface area contributed by atoms with E-state index in [0.29, 0.717) is 40.8 Å². The minimum atomic E-state index is -0.571. The van der Waals surface area contributed by atoms with Crippen molar-refractivity contribution in [3.05, 3.63) is 11.6 Å². The van der Waals surface area contributed by atoms with Crippen molar-refractivity contribution in [1.82, 2.24) is 0 Å². The van der Waals surface area contributed by atoms with Gasteiger partial charge in [-0.2, -0.15) is 0 Å². The van der Waals surface area contributed by atoms with Crippen LogP contribution in [0.1, 0.15) is 92.4 Å². The number of aliphatic hydroxyl groups excluding tert-OH is 2. The molecule has 0 amide bonds. The van der Waals surface area contributed by atoms with E-state index in [9.17, 15) is 15.0 Å². The Hall–Kier alpha value is -0.670. The molecule has 30 heavy (non-hydrogen) atoms. The second-order valence-corrected chi connectivity index (χ2v) is 12.3. The molecule has 4 aliphatic carbocycles. The Morgan fingerprint density at radius 3 is 2.37 bits per heavy atom. The van der Waals surface area contributed by atoms with E-state index in [0.717, 1.165) is 32.1 Å². The van der Waals surface area contributed by atoms with Crippen LogP contribution in [0.25, 0.3) is 0 Å². The number of Topliss-reactive ketones (excluding diaryl/α,β-unsaturated/α-hetero) is 1. The monoisotopic (exact) mass is 416 g/mol. The van der Waals surface area contributed by atoms with Gasteiger partial charge in [0, 0.05) is 12.8 Å². The Bertz CT molecular complexity index is 696. The van der Waals surface area contributed by atoms with E-state index in [1.807, 2.05) is 0 Å². The highest BCUT2D eigenvalue weighted by Gasteiger charge is 2.59. The molecule has 0 bridgehead atoms. The van der Waals surface area contributed by atoms with Crippen LogP contribution in [0.5, 0.6) is 0 Å². The van der Waals surface area contributed by atoms with E-state index in [2.05, 4.69) is 40.7 Å². The zero-order valence-corrected chi connectivity index (χ0v) is 19.9. The van der Waals surface area contributed by atoms with Gasteiger partial charge in [0.1, 0.15) is 5.78 Å². The zero-order valence-electron chi connectivity index (χ0n) is 19.9. The number of hydrogen-bond donors (Lipinski definition) is 2. The van der Waals surface area contributed by atoms with E-state index in [1.54, 1.807) is 5.57 Å². The van der Waals surface area contributed by atoms with Crippen LogP contribution in [0, 0.1) is 46.3 Å². The summed E-state index contributed by atoms with van der Waals surface area (Å²) in [6.45, 7) is 11.5. The van der Waals surface area contributed by atoms with Gasteiger partial charge in [-0.15, -0.1) is 0 Å². The molecule has 0 radical (unpaired) electrons. The van der Waals surface area contributed by atoms with Gasteiger partial charge in [0.25, 0.3) is 0 Å². The third kappa shape index (κ3) is 3.52. The lowest BCUT2D eigenvalue weighted by Crippen LogP contribution is -2.55. The summed E-state index contributed by atoms with van der Waals surface area (Å²) in [7, 11) is 0.